The molecule has 0 heterocycles. The molecule has 0 unspecified atom stereocenters. The molecule has 1 aliphatic rings. The Hall–Kier alpha value is -1.56. The smallest absolute Gasteiger partial charge is 0.416 e. The summed E-state index contributed by atoms with van der Waals surface area (Å²) in [4.78, 5) is 11.6. The second-order valence-electron chi connectivity index (χ2n) is 5.73. The first-order chi connectivity index (χ1) is 10.9. The van der Waals surface area contributed by atoms with Gasteiger partial charge in [0.25, 0.3) is 0 Å². The molecule has 6 heteroatoms. The molecule has 1 fully saturated rings. The average molecular weight is 330 g/mol. The van der Waals surface area contributed by atoms with E-state index in [1.54, 1.807) is 13.0 Å². The predicted molar refractivity (Wildman–Crippen MR) is 78.6 cm³/mol. The van der Waals surface area contributed by atoms with Crippen LogP contribution in [0.1, 0.15) is 43.7 Å². The summed E-state index contributed by atoms with van der Waals surface area (Å²) in [5, 5.41) is 0. The van der Waals surface area contributed by atoms with E-state index in [1.807, 2.05) is 0 Å². The molecule has 0 N–H and O–H groups in total. The summed E-state index contributed by atoms with van der Waals surface area (Å²) in [5.74, 6) is -0.243. The number of halogens is 3. The molecule has 1 aromatic carbocycles. The van der Waals surface area contributed by atoms with E-state index in [4.69, 9.17) is 9.47 Å². The lowest BCUT2D eigenvalue weighted by atomic mass is 9.87. The maximum absolute atomic E-state index is 12.7. The van der Waals surface area contributed by atoms with Crippen molar-refractivity contribution in [2.24, 2.45) is 5.92 Å². The zero-order chi connectivity index (χ0) is 16.9. The topological polar surface area (TPSA) is 35.5 Å². The van der Waals surface area contributed by atoms with Gasteiger partial charge in [0, 0.05) is 0 Å². The van der Waals surface area contributed by atoms with Gasteiger partial charge in [-0.25, -0.2) is 0 Å². The van der Waals surface area contributed by atoms with Gasteiger partial charge in [-0.05, 0) is 50.3 Å². The number of rotatable bonds is 5. The quantitative estimate of drug-likeness (QED) is 0.753. The highest BCUT2D eigenvalue weighted by Gasteiger charge is 2.31. The minimum absolute atomic E-state index is 0.0183. The van der Waals surface area contributed by atoms with E-state index in [0.717, 1.165) is 25.0 Å². The maximum Gasteiger partial charge on any atom is 0.416 e. The Kier molecular flexibility index (Phi) is 6.04. The van der Waals surface area contributed by atoms with Crippen LogP contribution >= 0.6 is 0 Å². The van der Waals surface area contributed by atoms with Gasteiger partial charge in [0.15, 0.2) is 0 Å². The monoisotopic (exact) mass is 330 g/mol. The van der Waals surface area contributed by atoms with Crippen LogP contribution < -0.4 is 0 Å². The number of esters is 1. The second kappa shape index (κ2) is 7.81. The molecule has 0 saturated heterocycles. The summed E-state index contributed by atoms with van der Waals surface area (Å²) < 4.78 is 48.7. The van der Waals surface area contributed by atoms with Crippen molar-refractivity contribution in [3.05, 3.63) is 35.4 Å². The Labute approximate surface area is 133 Å². The Morgan fingerprint density at radius 3 is 2.52 bits per heavy atom. The van der Waals surface area contributed by atoms with Crippen molar-refractivity contribution in [1.29, 1.82) is 0 Å². The minimum atomic E-state index is -4.34. The Bertz CT molecular complexity index is 520. The molecule has 23 heavy (non-hydrogen) atoms. The summed E-state index contributed by atoms with van der Waals surface area (Å²) >= 11 is 0. The molecule has 128 valence electrons. The van der Waals surface area contributed by atoms with Gasteiger partial charge < -0.3 is 9.47 Å². The third kappa shape index (κ3) is 5.23. The van der Waals surface area contributed by atoms with E-state index < -0.39 is 11.7 Å². The Morgan fingerprint density at radius 2 is 1.91 bits per heavy atom. The molecule has 0 atom stereocenters. The van der Waals surface area contributed by atoms with E-state index in [1.165, 1.54) is 6.07 Å². The standard InChI is InChI=1S/C17H21F3O3/c1-2-22-16(21)13-6-8-15(9-7-13)23-11-12-4-3-5-14(10-12)17(18,19)20/h3-5,10,13,15H,2,6-9,11H2,1H3/t13-,15-. The fraction of sp³-hybridized carbons (Fsp3) is 0.588. The number of hydrogen-bond donors (Lipinski definition) is 0. The van der Waals surface area contributed by atoms with Crippen LogP contribution in [-0.4, -0.2) is 18.7 Å². The largest absolute Gasteiger partial charge is 0.466 e. The van der Waals surface area contributed by atoms with Crippen molar-refractivity contribution < 1.29 is 27.4 Å². The van der Waals surface area contributed by atoms with Crippen molar-refractivity contribution in [1.82, 2.24) is 0 Å². The van der Waals surface area contributed by atoms with Gasteiger partial charge in [-0.1, -0.05) is 12.1 Å². The number of carbonyl (C=O) groups excluding carboxylic acids is 1. The fourth-order valence-corrected chi connectivity index (χ4v) is 2.78. The van der Waals surface area contributed by atoms with Gasteiger partial charge in [0.1, 0.15) is 0 Å². The van der Waals surface area contributed by atoms with Crippen LogP contribution in [0.3, 0.4) is 0 Å². The predicted octanol–water partition coefficient (Wildman–Crippen LogP) is 4.34. The van der Waals surface area contributed by atoms with Gasteiger partial charge in [0.05, 0.1) is 30.8 Å². The van der Waals surface area contributed by atoms with Crippen LogP contribution in [0.5, 0.6) is 0 Å². The molecular weight excluding hydrogens is 309 g/mol. The molecule has 0 spiro atoms. The average Bonchev–Trinajstić information content (AvgIpc) is 2.53. The molecule has 1 aromatic rings. The number of hydrogen-bond acceptors (Lipinski definition) is 3. The third-order valence-corrected chi connectivity index (χ3v) is 4.03. The molecule has 1 aliphatic carbocycles. The van der Waals surface area contributed by atoms with Crippen LogP contribution in [0.15, 0.2) is 24.3 Å². The van der Waals surface area contributed by atoms with Gasteiger partial charge in [-0.15, -0.1) is 0 Å². The number of carbonyl (C=O) groups is 1. The first-order valence-electron chi connectivity index (χ1n) is 7.84. The molecule has 0 aliphatic heterocycles. The van der Waals surface area contributed by atoms with Crippen LogP contribution in [0, 0.1) is 5.92 Å². The van der Waals surface area contributed by atoms with Crippen molar-refractivity contribution in [3.8, 4) is 0 Å². The lowest BCUT2D eigenvalue weighted by molar-refractivity contribution is -0.150. The van der Waals surface area contributed by atoms with Crippen LogP contribution in [0.25, 0.3) is 0 Å². The summed E-state index contributed by atoms with van der Waals surface area (Å²) in [6.07, 6.45) is -1.51. The van der Waals surface area contributed by atoms with Crippen molar-refractivity contribution in [2.75, 3.05) is 6.61 Å². The highest BCUT2D eigenvalue weighted by Crippen LogP contribution is 2.31. The molecule has 0 bridgehead atoms. The second-order valence-corrected chi connectivity index (χ2v) is 5.73. The normalized spacial score (nSPS) is 21.9. The summed E-state index contributed by atoms with van der Waals surface area (Å²) in [6, 6.07) is 5.18. The van der Waals surface area contributed by atoms with E-state index in [2.05, 4.69) is 0 Å². The Balaban J connectivity index is 1.81. The highest BCUT2D eigenvalue weighted by molar-refractivity contribution is 5.72. The SMILES string of the molecule is CCOC(=O)[C@H]1CC[C@H](OCc2cccc(C(F)(F)F)c2)CC1. The molecule has 0 amide bonds. The van der Waals surface area contributed by atoms with Crippen molar-refractivity contribution in [2.45, 2.75) is 51.5 Å². The molecule has 2 rings (SSSR count). The molecular formula is C17H21F3O3. The maximum atomic E-state index is 12.7. The van der Waals surface area contributed by atoms with Crippen LogP contribution in [-0.2, 0) is 27.1 Å². The van der Waals surface area contributed by atoms with E-state index >= 15 is 0 Å². The third-order valence-electron chi connectivity index (χ3n) is 4.03. The van der Waals surface area contributed by atoms with E-state index in [9.17, 15) is 18.0 Å². The number of alkyl halides is 3. The summed E-state index contributed by atoms with van der Waals surface area (Å²) in [6.45, 7) is 2.31. The summed E-state index contributed by atoms with van der Waals surface area (Å²) in [7, 11) is 0. The Morgan fingerprint density at radius 1 is 1.22 bits per heavy atom. The van der Waals surface area contributed by atoms with E-state index in [-0.39, 0.29) is 24.6 Å². The fourth-order valence-electron chi connectivity index (χ4n) is 2.78. The lowest BCUT2D eigenvalue weighted by Crippen LogP contribution is -2.27. The number of ether oxygens (including phenoxy) is 2. The van der Waals surface area contributed by atoms with Gasteiger partial charge in [0.2, 0.25) is 0 Å². The highest BCUT2D eigenvalue weighted by atomic mass is 19.4. The zero-order valence-corrected chi connectivity index (χ0v) is 13.1. The molecule has 0 aromatic heterocycles. The van der Waals surface area contributed by atoms with Gasteiger partial charge in [-0.3, -0.25) is 4.79 Å². The summed E-state index contributed by atoms with van der Waals surface area (Å²) in [5.41, 5.74) is -0.156. The van der Waals surface area contributed by atoms with Crippen molar-refractivity contribution >= 4 is 5.97 Å². The zero-order valence-electron chi connectivity index (χ0n) is 13.1. The first kappa shape index (κ1) is 17.8. The van der Waals surface area contributed by atoms with Gasteiger partial charge >= 0.3 is 12.1 Å². The van der Waals surface area contributed by atoms with E-state index in [0.29, 0.717) is 25.0 Å². The lowest BCUT2D eigenvalue weighted by Gasteiger charge is -2.27. The minimum Gasteiger partial charge on any atom is -0.466 e. The molecule has 1 saturated carbocycles. The van der Waals surface area contributed by atoms with Crippen LogP contribution in [0.2, 0.25) is 0 Å². The van der Waals surface area contributed by atoms with Crippen LogP contribution in [0.4, 0.5) is 13.2 Å². The molecule has 0 radical (unpaired) electrons. The van der Waals surface area contributed by atoms with Gasteiger partial charge in [-0.2, -0.15) is 13.2 Å². The number of benzene rings is 1. The molecule has 3 nitrogen and oxygen atoms in total. The first-order valence-corrected chi connectivity index (χ1v) is 7.84. The van der Waals surface area contributed by atoms with Crippen molar-refractivity contribution in [3.63, 3.8) is 0 Å².